The summed E-state index contributed by atoms with van der Waals surface area (Å²) in [7, 11) is 0. The Kier molecular flexibility index (Phi) is 3.09. The first-order valence-electron chi connectivity index (χ1n) is 6.36. The van der Waals surface area contributed by atoms with Gasteiger partial charge >= 0.3 is 6.09 Å². The summed E-state index contributed by atoms with van der Waals surface area (Å²) in [4.78, 5) is 13.8. The first kappa shape index (κ1) is 12.9. The van der Waals surface area contributed by atoms with Gasteiger partial charge in [-0.3, -0.25) is 4.90 Å². The number of rotatable bonds is 1. The van der Waals surface area contributed by atoms with E-state index in [-0.39, 0.29) is 6.09 Å². The van der Waals surface area contributed by atoms with E-state index in [0.717, 1.165) is 17.9 Å². The van der Waals surface area contributed by atoms with Crippen LogP contribution in [-0.2, 0) is 11.3 Å². The minimum Gasteiger partial charge on any atom is -0.443 e. The zero-order chi connectivity index (χ0) is 13.5. The van der Waals surface area contributed by atoms with Crippen LogP contribution >= 0.6 is 0 Å². The molecule has 0 atom stereocenters. The molecule has 2 heterocycles. The molecule has 1 aliphatic heterocycles. The Hall–Kier alpha value is -1.52. The maximum absolute atomic E-state index is 12.2. The van der Waals surface area contributed by atoms with Crippen LogP contribution in [0.5, 0.6) is 0 Å². The minimum absolute atomic E-state index is 0.288. The van der Waals surface area contributed by atoms with Crippen LogP contribution in [0.2, 0.25) is 0 Å². The van der Waals surface area contributed by atoms with Crippen molar-refractivity contribution in [2.24, 2.45) is 0 Å². The molecule has 0 aliphatic carbocycles. The molecule has 18 heavy (non-hydrogen) atoms. The highest BCUT2D eigenvalue weighted by Gasteiger charge is 2.32. The van der Waals surface area contributed by atoms with Gasteiger partial charge in [-0.25, -0.2) is 9.48 Å². The van der Waals surface area contributed by atoms with Crippen molar-refractivity contribution in [3.05, 3.63) is 11.8 Å². The third-order valence-electron chi connectivity index (χ3n) is 2.87. The molecule has 1 aromatic heterocycles. The first-order chi connectivity index (χ1) is 8.29. The summed E-state index contributed by atoms with van der Waals surface area (Å²) in [5, 5.41) is 4.31. The number of ether oxygens (including phenoxy) is 1. The van der Waals surface area contributed by atoms with Crippen LogP contribution in [0.25, 0.3) is 0 Å². The highest BCUT2D eigenvalue weighted by atomic mass is 16.6. The predicted octanol–water partition coefficient (Wildman–Crippen LogP) is 2.76. The Morgan fingerprint density at radius 3 is 2.61 bits per heavy atom. The summed E-state index contributed by atoms with van der Waals surface area (Å²) in [5.41, 5.74) is 0.626. The van der Waals surface area contributed by atoms with E-state index in [1.165, 1.54) is 0 Å². The molecule has 0 aromatic carbocycles. The molecule has 5 heteroatoms. The molecule has 0 saturated carbocycles. The van der Waals surface area contributed by atoms with Crippen LogP contribution in [-0.4, -0.2) is 28.0 Å². The second-order valence-corrected chi connectivity index (χ2v) is 5.93. The highest BCUT2D eigenvalue weighted by Crippen LogP contribution is 2.31. The van der Waals surface area contributed by atoms with Crippen molar-refractivity contribution in [3.63, 3.8) is 0 Å². The lowest BCUT2D eigenvalue weighted by Gasteiger charge is -2.24. The van der Waals surface area contributed by atoms with Gasteiger partial charge < -0.3 is 4.74 Å². The summed E-state index contributed by atoms with van der Waals surface area (Å²) in [6.45, 7) is 11.2. The van der Waals surface area contributed by atoms with Crippen molar-refractivity contribution in [1.82, 2.24) is 9.78 Å². The van der Waals surface area contributed by atoms with E-state index in [4.69, 9.17) is 4.74 Å². The van der Waals surface area contributed by atoms with Gasteiger partial charge in [0.25, 0.3) is 0 Å². The largest absolute Gasteiger partial charge is 0.443 e. The number of anilines is 1. The van der Waals surface area contributed by atoms with Gasteiger partial charge in [0.05, 0.1) is 19.3 Å². The highest BCUT2D eigenvalue weighted by molar-refractivity contribution is 5.88. The molecule has 0 radical (unpaired) electrons. The zero-order valence-electron chi connectivity index (χ0n) is 11.7. The van der Waals surface area contributed by atoms with E-state index in [9.17, 15) is 4.79 Å². The third-order valence-corrected chi connectivity index (χ3v) is 2.87. The number of fused-ring (bicyclic) bond motifs is 1. The molecule has 1 amide bonds. The molecule has 0 fully saturated rings. The van der Waals surface area contributed by atoms with Crippen molar-refractivity contribution >= 4 is 11.9 Å². The molecule has 0 saturated heterocycles. The van der Waals surface area contributed by atoms with Gasteiger partial charge in [-0.1, -0.05) is 13.8 Å². The number of nitrogens with zero attached hydrogens (tertiary/aromatic N) is 3. The fourth-order valence-corrected chi connectivity index (χ4v) is 2.05. The van der Waals surface area contributed by atoms with Gasteiger partial charge in [-0.15, -0.1) is 0 Å². The average molecular weight is 251 g/mol. The Balaban J connectivity index is 2.25. The molecular formula is C13H21N3O2. The number of hydrogen-bond acceptors (Lipinski definition) is 3. The van der Waals surface area contributed by atoms with Crippen LogP contribution in [0, 0.1) is 0 Å². The van der Waals surface area contributed by atoms with Crippen LogP contribution in [0.4, 0.5) is 10.6 Å². The minimum atomic E-state index is -0.470. The summed E-state index contributed by atoms with van der Waals surface area (Å²) < 4.78 is 7.30. The van der Waals surface area contributed by atoms with E-state index >= 15 is 0 Å². The molecule has 2 rings (SSSR count). The van der Waals surface area contributed by atoms with Gasteiger partial charge in [0.15, 0.2) is 0 Å². The predicted molar refractivity (Wildman–Crippen MR) is 69.9 cm³/mol. The summed E-state index contributed by atoms with van der Waals surface area (Å²) in [6.07, 6.45) is 1.56. The lowest BCUT2D eigenvalue weighted by molar-refractivity contribution is 0.0583. The van der Waals surface area contributed by atoms with Gasteiger partial charge in [-0.2, -0.15) is 5.10 Å². The SMILES string of the molecule is CC(C)c1cnn2c1N(C(=O)OC(C)(C)C)CC2. The maximum atomic E-state index is 12.2. The van der Waals surface area contributed by atoms with E-state index in [1.54, 1.807) is 4.90 Å². The van der Waals surface area contributed by atoms with Crippen molar-refractivity contribution in [1.29, 1.82) is 0 Å². The molecule has 1 aliphatic rings. The van der Waals surface area contributed by atoms with Crippen LogP contribution < -0.4 is 4.90 Å². The summed E-state index contributed by atoms with van der Waals surface area (Å²) in [5.74, 6) is 1.23. The zero-order valence-corrected chi connectivity index (χ0v) is 11.7. The molecule has 100 valence electrons. The van der Waals surface area contributed by atoms with Crippen LogP contribution in [0.1, 0.15) is 46.1 Å². The van der Waals surface area contributed by atoms with Crippen molar-refractivity contribution < 1.29 is 9.53 Å². The number of aromatic nitrogens is 2. The summed E-state index contributed by atoms with van der Waals surface area (Å²) >= 11 is 0. The number of carbonyl (C=O) groups is 1. The van der Waals surface area contributed by atoms with Crippen LogP contribution in [0.15, 0.2) is 6.20 Å². The maximum Gasteiger partial charge on any atom is 0.416 e. The fraction of sp³-hybridized carbons (Fsp3) is 0.692. The number of hydrogen-bond donors (Lipinski definition) is 0. The van der Waals surface area contributed by atoms with Crippen molar-refractivity contribution in [3.8, 4) is 0 Å². The van der Waals surface area contributed by atoms with Crippen molar-refractivity contribution in [2.45, 2.75) is 52.7 Å². The Morgan fingerprint density at radius 2 is 2.06 bits per heavy atom. The van der Waals surface area contributed by atoms with Crippen LogP contribution in [0.3, 0.4) is 0 Å². The first-order valence-corrected chi connectivity index (χ1v) is 6.36. The van der Waals surface area contributed by atoms with E-state index < -0.39 is 5.60 Å². The molecule has 0 N–H and O–H groups in total. The second-order valence-electron chi connectivity index (χ2n) is 5.93. The molecule has 0 spiro atoms. The standard InChI is InChI=1S/C13H21N3O2/c1-9(2)10-8-14-16-7-6-15(11(10)16)12(17)18-13(3,4)5/h8-9H,6-7H2,1-5H3. The molecule has 1 aromatic rings. The van der Waals surface area contributed by atoms with E-state index in [0.29, 0.717) is 12.5 Å². The lowest BCUT2D eigenvalue weighted by Crippen LogP contribution is -2.36. The molecule has 5 nitrogen and oxygen atoms in total. The Labute approximate surface area is 108 Å². The van der Waals surface area contributed by atoms with Gasteiger partial charge in [0.1, 0.15) is 11.4 Å². The van der Waals surface area contributed by atoms with Gasteiger partial charge in [0, 0.05) is 5.56 Å². The quantitative estimate of drug-likeness (QED) is 0.771. The average Bonchev–Trinajstić information content (AvgIpc) is 2.71. The van der Waals surface area contributed by atoms with Crippen molar-refractivity contribution in [2.75, 3.05) is 11.4 Å². The monoisotopic (exact) mass is 251 g/mol. The third kappa shape index (κ3) is 2.35. The van der Waals surface area contributed by atoms with E-state index in [1.807, 2.05) is 31.6 Å². The normalized spacial score (nSPS) is 15.1. The Bertz CT molecular complexity index is 457. The fourth-order valence-electron chi connectivity index (χ4n) is 2.05. The molecule has 0 bridgehead atoms. The lowest BCUT2D eigenvalue weighted by atomic mass is 10.1. The molecular weight excluding hydrogens is 230 g/mol. The number of amides is 1. The second kappa shape index (κ2) is 4.30. The van der Waals surface area contributed by atoms with E-state index in [2.05, 4.69) is 18.9 Å². The topological polar surface area (TPSA) is 47.4 Å². The Morgan fingerprint density at radius 1 is 1.39 bits per heavy atom. The summed E-state index contributed by atoms with van der Waals surface area (Å²) in [6, 6.07) is 0. The van der Waals surface area contributed by atoms with Gasteiger partial charge in [-0.05, 0) is 26.7 Å². The molecule has 0 unspecified atom stereocenters. The van der Waals surface area contributed by atoms with Gasteiger partial charge in [0.2, 0.25) is 0 Å². The smallest absolute Gasteiger partial charge is 0.416 e. The number of carbonyl (C=O) groups excluding carboxylic acids is 1.